The molecule has 1 fully saturated rings. The van der Waals surface area contributed by atoms with E-state index >= 15 is 0 Å². The lowest BCUT2D eigenvalue weighted by atomic mass is 10.1. The highest BCUT2D eigenvalue weighted by atomic mass is 19.4. The number of para-hydroxylation sites is 1. The van der Waals surface area contributed by atoms with Crippen LogP contribution in [0.25, 0.3) is 0 Å². The van der Waals surface area contributed by atoms with Crippen LogP contribution in [0, 0.1) is 0 Å². The zero-order valence-corrected chi connectivity index (χ0v) is 14.0. The van der Waals surface area contributed by atoms with Crippen molar-refractivity contribution in [1.82, 2.24) is 5.32 Å². The maximum Gasteiger partial charge on any atom is 0.416 e. The lowest BCUT2D eigenvalue weighted by molar-refractivity contribution is -0.137. The average molecular weight is 364 g/mol. The molecule has 0 saturated carbocycles. The fourth-order valence-electron chi connectivity index (χ4n) is 2.83. The van der Waals surface area contributed by atoms with Crippen molar-refractivity contribution in [2.24, 2.45) is 0 Å². The third-order valence-electron chi connectivity index (χ3n) is 4.15. The normalized spacial score (nSPS) is 17.1. The van der Waals surface area contributed by atoms with Crippen LogP contribution >= 0.6 is 0 Å². The van der Waals surface area contributed by atoms with Crippen LogP contribution in [0.3, 0.4) is 0 Å². The minimum atomic E-state index is -4.42. The quantitative estimate of drug-likeness (QED) is 0.829. The Morgan fingerprint density at radius 1 is 1.15 bits per heavy atom. The second kappa shape index (κ2) is 7.78. The number of amides is 1. The predicted molar refractivity (Wildman–Crippen MR) is 92.5 cm³/mol. The van der Waals surface area contributed by atoms with E-state index in [1.807, 2.05) is 0 Å². The molecule has 0 aliphatic carbocycles. The minimum absolute atomic E-state index is 0.0162. The maximum absolute atomic E-state index is 12.9. The van der Waals surface area contributed by atoms with E-state index in [9.17, 15) is 18.0 Å². The molecule has 0 radical (unpaired) electrons. The summed E-state index contributed by atoms with van der Waals surface area (Å²) in [5.41, 5.74) is 0.321. The highest BCUT2D eigenvalue weighted by Gasteiger charge is 2.30. The highest BCUT2D eigenvalue weighted by molar-refractivity contribution is 6.00. The van der Waals surface area contributed by atoms with Gasteiger partial charge in [-0.05, 0) is 43.2 Å². The number of nitrogens with one attached hydrogen (secondary N) is 2. The van der Waals surface area contributed by atoms with Crippen LogP contribution in [0.1, 0.15) is 28.8 Å². The van der Waals surface area contributed by atoms with Crippen molar-refractivity contribution in [2.75, 3.05) is 18.5 Å². The van der Waals surface area contributed by atoms with Gasteiger partial charge in [0.15, 0.2) is 0 Å². The van der Waals surface area contributed by atoms with E-state index in [1.54, 1.807) is 24.3 Å². The number of carbonyl (C=O) groups is 1. The van der Waals surface area contributed by atoms with Crippen LogP contribution in [0.5, 0.6) is 0 Å². The molecule has 2 aromatic rings. The largest absolute Gasteiger partial charge is 0.416 e. The van der Waals surface area contributed by atoms with Crippen molar-refractivity contribution in [1.29, 1.82) is 0 Å². The molecule has 4 nitrogen and oxygen atoms in total. The first-order valence-corrected chi connectivity index (χ1v) is 8.36. The molecule has 1 atom stereocenters. The first-order chi connectivity index (χ1) is 12.4. The van der Waals surface area contributed by atoms with Gasteiger partial charge in [0.1, 0.15) is 0 Å². The van der Waals surface area contributed by atoms with Crippen molar-refractivity contribution in [3.8, 4) is 0 Å². The average Bonchev–Trinajstić information content (AvgIpc) is 3.13. The second-order valence-electron chi connectivity index (χ2n) is 6.09. The Labute approximate surface area is 149 Å². The van der Waals surface area contributed by atoms with Crippen LogP contribution in [0.4, 0.5) is 24.5 Å². The molecular formula is C19H19F3N2O2. The first-order valence-electron chi connectivity index (χ1n) is 8.36. The van der Waals surface area contributed by atoms with Crippen LogP contribution in [0.2, 0.25) is 0 Å². The Bertz CT molecular complexity index is 771. The molecule has 2 aromatic carbocycles. The number of hydrogen-bond acceptors (Lipinski definition) is 3. The van der Waals surface area contributed by atoms with Crippen LogP contribution in [0.15, 0.2) is 48.5 Å². The lowest BCUT2D eigenvalue weighted by Crippen LogP contribution is -2.32. The second-order valence-corrected chi connectivity index (χ2v) is 6.09. The zero-order chi connectivity index (χ0) is 18.6. The molecule has 1 aliphatic rings. The molecule has 3 rings (SSSR count). The van der Waals surface area contributed by atoms with E-state index in [0.29, 0.717) is 24.4 Å². The summed E-state index contributed by atoms with van der Waals surface area (Å²) in [6.45, 7) is 1.12. The van der Waals surface area contributed by atoms with Crippen LogP contribution < -0.4 is 10.6 Å². The fraction of sp³-hybridized carbons (Fsp3) is 0.316. The molecule has 0 unspecified atom stereocenters. The number of rotatable bonds is 5. The van der Waals surface area contributed by atoms with Gasteiger partial charge in [-0.3, -0.25) is 4.79 Å². The SMILES string of the molecule is O=C(NC[C@H]1CCCO1)c1ccccc1Nc1cccc(C(F)(F)F)c1. The molecule has 2 N–H and O–H groups in total. The number of ether oxygens (including phenoxy) is 1. The number of anilines is 2. The predicted octanol–water partition coefficient (Wildman–Crippen LogP) is 4.36. The molecule has 0 spiro atoms. The summed E-state index contributed by atoms with van der Waals surface area (Å²) in [6, 6.07) is 11.6. The Morgan fingerprint density at radius 2 is 1.96 bits per heavy atom. The molecule has 26 heavy (non-hydrogen) atoms. The maximum atomic E-state index is 12.9. The van der Waals surface area contributed by atoms with Gasteiger partial charge in [-0.2, -0.15) is 13.2 Å². The van der Waals surface area contributed by atoms with Crippen LogP contribution in [-0.4, -0.2) is 25.2 Å². The smallest absolute Gasteiger partial charge is 0.376 e. The molecular weight excluding hydrogens is 345 g/mol. The van der Waals surface area contributed by atoms with Gasteiger partial charge in [0, 0.05) is 18.8 Å². The summed E-state index contributed by atoms with van der Waals surface area (Å²) in [6.07, 6.45) is -2.52. The zero-order valence-electron chi connectivity index (χ0n) is 14.0. The van der Waals surface area contributed by atoms with Crippen molar-refractivity contribution < 1.29 is 22.7 Å². The van der Waals surface area contributed by atoms with E-state index in [-0.39, 0.29) is 17.7 Å². The van der Waals surface area contributed by atoms with Crippen molar-refractivity contribution in [2.45, 2.75) is 25.1 Å². The Hall–Kier alpha value is -2.54. The summed E-state index contributed by atoms with van der Waals surface area (Å²) in [5.74, 6) is -0.296. The fourth-order valence-corrected chi connectivity index (χ4v) is 2.83. The molecule has 1 saturated heterocycles. The topological polar surface area (TPSA) is 50.4 Å². The first kappa shape index (κ1) is 18.3. The Balaban J connectivity index is 1.73. The standard InChI is InChI=1S/C19H19F3N2O2/c20-19(21,22)13-5-3-6-14(11-13)24-17-9-2-1-8-16(17)18(25)23-12-15-7-4-10-26-15/h1-3,5-6,8-9,11,15,24H,4,7,10,12H2,(H,23,25)/t15-/m1/s1. The van der Waals surface area contributed by atoms with E-state index in [4.69, 9.17) is 4.74 Å². The molecule has 0 bridgehead atoms. The third kappa shape index (κ3) is 4.54. The van der Waals surface area contributed by atoms with Crippen molar-refractivity contribution in [3.63, 3.8) is 0 Å². The highest BCUT2D eigenvalue weighted by Crippen LogP contribution is 2.31. The van der Waals surface area contributed by atoms with Crippen molar-refractivity contribution >= 4 is 17.3 Å². The van der Waals surface area contributed by atoms with Gasteiger partial charge in [0.25, 0.3) is 5.91 Å². The van der Waals surface area contributed by atoms with Gasteiger partial charge < -0.3 is 15.4 Å². The monoisotopic (exact) mass is 364 g/mol. The van der Waals surface area contributed by atoms with Gasteiger partial charge in [-0.15, -0.1) is 0 Å². The summed E-state index contributed by atoms with van der Waals surface area (Å²) in [5, 5.41) is 5.72. The van der Waals surface area contributed by atoms with E-state index < -0.39 is 11.7 Å². The van der Waals surface area contributed by atoms with Crippen LogP contribution in [-0.2, 0) is 10.9 Å². The van der Waals surface area contributed by atoms with Gasteiger partial charge in [-0.25, -0.2) is 0 Å². The Morgan fingerprint density at radius 3 is 2.69 bits per heavy atom. The van der Waals surface area contributed by atoms with Gasteiger partial charge in [0.05, 0.1) is 22.9 Å². The minimum Gasteiger partial charge on any atom is -0.376 e. The van der Waals surface area contributed by atoms with Gasteiger partial charge in [-0.1, -0.05) is 18.2 Å². The summed E-state index contributed by atoms with van der Waals surface area (Å²) in [7, 11) is 0. The summed E-state index contributed by atoms with van der Waals surface area (Å²) in [4.78, 5) is 12.5. The molecule has 1 amide bonds. The number of carbonyl (C=O) groups excluding carboxylic acids is 1. The number of hydrogen-bond donors (Lipinski definition) is 2. The Kier molecular flexibility index (Phi) is 5.46. The van der Waals surface area contributed by atoms with E-state index in [0.717, 1.165) is 25.0 Å². The van der Waals surface area contributed by atoms with Gasteiger partial charge in [0.2, 0.25) is 0 Å². The number of alkyl halides is 3. The molecule has 1 heterocycles. The summed E-state index contributed by atoms with van der Waals surface area (Å²) >= 11 is 0. The number of halogens is 3. The molecule has 138 valence electrons. The molecule has 1 aliphatic heterocycles. The van der Waals surface area contributed by atoms with E-state index in [1.165, 1.54) is 12.1 Å². The summed E-state index contributed by atoms with van der Waals surface area (Å²) < 4.78 is 44.0. The lowest BCUT2D eigenvalue weighted by Gasteiger charge is -2.15. The van der Waals surface area contributed by atoms with E-state index in [2.05, 4.69) is 10.6 Å². The van der Waals surface area contributed by atoms with Crippen molar-refractivity contribution in [3.05, 3.63) is 59.7 Å². The van der Waals surface area contributed by atoms with Gasteiger partial charge >= 0.3 is 6.18 Å². The molecule has 7 heteroatoms. The number of benzene rings is 2. The molecule has 0 aromatic heterocycles. The third-order valence-corrected chi connectivity index (χ3v) is 4.15.